The number of esters is 1. The average molecular weight is 345 g/mol. The maximum atomic E-state index is 12.2. The van der Waals surface area contributed by atoms with E-state index in [9.17, 15) is 9.59 Å². The van der Waals surface area contributed by atoms with Crippen molar-refractivity contribution in [3.05, 3.63) is 90.0 Å². The van der Waals surface area contributed by atoms with E-state index in [1.54, 1.807) is 24.3 Å². The molecule has 3 aromatic rings. The number of anilines is 1. The number of carbonyl (C=O) groups excluding carboxylic acids is 2. The van der Waals surface area contributed by atoms with E-state index in [1.165, 1.54) is 6.92 Å². The Hall–Kier alpha value is -3.40. The molecule has 1 amide bonds. The molecule has 1 N–H and O–H groups in total. The fraction of sp³-hybridized carbons (Fsp3) is 0.0909. The second-order valence-electron chi connectivity index (χ2n) is 5.90. The largest absolute Gasteiger partial charge is 0.457 e. The number of carbonyl (C=O) groups is 2. The zero-order valence-electron chi connectivity index (χ0n) is 14.4. The monoisotopic (exact) mass is 345 g/mol. The predicted molar refractivity (Wildman–Crippen MR) is 102 cm³/mol. The number of benzene rings is 3. The first-order valence-corrected chi connectivity index (χ1v) is 8.31. The van der Waals surface area contributed by atoms with E-state index in [1.807, 2.05) is 42.5 Å². The summed E-state index contributed by atoms with van der Waals surface area (Å²) in [5.41, 5.74) is 4.14. The lowest BCUT2D eigenvalue weighted by atomic mass is 10.0. The van der Waals surface area contributed by atoms with Crippen LogP contribution in [0.5, 0.6) is 0 Å². The van der Waals surface area contributed by atoms with Crippen molar-refractivity contribution < 1.29 is 14.3 Å². The van der Waals surface area contributed by atoms with Gasteiger partial charge in [0.05, 0.1) is 5.56 Å². The lowest BCUT2D eigenvalue weighted by Crippen LogP contribution is -2.08. The van der Waals surface area contributed by atoms with E-state index in [0.29, 0.717) is 11.3 Å². The Morgan fingerprint density at radius 1 is 0.846 bits per heavy atom. The highest BCUT2D eigenvalue weighted by atomic mass is 16.5. The lowest BCUT2D eigenvalue weighted by molar-refractivity contribution is -0.114. The molecule has 0 saturated heterocycles. The molecule has 0 bridgehead atoms. The van der Waals surface area contributed by atoms with Crippen LogP contribution in [0.4, 0.5) is 5.69 Å². The fourth-order valence-electron chi connectivity index (χ4n) is 2.58. The summed E-state index contributed by atoms with van der Waals surface area (Å²) in [4.78, 5) is 23.3. The van der Waals surface area contributed by atoms with Crippen LogP contribution in [0.15, 0.2) is 78.9 Å². The van der Waals surface area contributed by atoms with E-state index in [0.717, 1.165) is 16.7 Å². The van der Waals surface area contributed by atoms with Crippen LogP contribution in [-0.2, 0) is 16.1 Å². The Balaban J connectivity index is 1.62. The summed E-state index contributed by atoms with van der Waals surface area (Å²) in [7, 11) is 0. The molecule has 0 spiro atoms. The smallest absolute Gasteiger partial charge is 0.338 e. The minimum Gasteiger partial charge on any atom is -0.457 e. The highest BCUT2D eigenvalue weighted by Crippen LogP contribution is 2.20. The van der Waals surface area contributed by atoms with Gasteiger partial charge in [0.15, 0.2) is 0 Å². The third-order valence-corrected chi connectivity index (χ3v) is 3.85. The van der Waals surface area contributed by atoms with E-state index >= 15 is 0 Å². The van der Waals surface area contributed by atoms with Crippen LogP contribution in [0.3, 0.4) is 0 Å². The molecule has 130 valence electrons. The van der Waals surface area contributed by atoms with Crippen LogP contribution in [0.2, 0.25) is 0 Å². The van der Waals surface area contributed by atoms with Crippen molar-refractivity contribution in [1.29, 1.82) is 0 Å². The van der Waals surface area contributed by atoms with Gasteiger partial charge in [-0.25, -0.2) is 4.79 Å². The summed E-state index contributed by atoms with van der Waals surface area (Å²) in [6.45, 7) is 1.61. The molecule has 0 heterocycles. The molecule has 0 atom stereocenters. The van der Waals surface area contributed by atoms with Crippen molar-refractivity contribution in [3.8, 4) is 11.1 Å². The summed E-state index contributed by atoms with van der Waals surface area (Å²) < 4.78 is 5.37. The molecular weight excluding hydrogens is 326 g/mol. The Bertz CT molecular complexity index is 902. The van der Waals surface area contributed by atoms with E-state index in [4.69, 9.17) is 4.74 Å². The Kier molecular flexibility index (Phi) is 5.44. The maximum Gasteiger partial charge on any atom is 0.338 e. The highest BCUT2D eigenvalue weighted by Gasteiger charge is 2.09. The topological polar surface area (TPSA) is 55.4 Å². The van der Waals surface area contributed by atoms with Crippen molar-refractivity contribution in [1.82, 2.24) is 0 Å². The van der Waals surface area contributed by atoms with Crippen molar-refractivity contribution in [2.24, 2.45) is 0 Å². The molecule has 4 heteroatoms. The number of hydrogen-bond donors (Lipinski definition) is 1. The fourth-order valence-corrected chi connectivity index (χ4v) is 2.58. The van der Waals surface area contributed by atoms with E-state index in [-0.39, 0.29) is 12.5 Å². The van der Waals surface area contributed by atoms with Gasteiger partial charge < -0.3 is 10.1 Å². The summed E-state index contributed by atoms with van der Waals surface area (Å²) in [6, 6.07) is 24.7. The van der Waals surface area contributed by atoms with E-state index < -0.39 is 5.97 Å². The number of ether oxygens (including phenoxy) is 1. The van der Waals surface area contributed by atoms with Gasteiger partial charge in [-0.1, -0.05) is 60.7 Å². The molecular formula is C22H19NO3. The first kappa shape index (κ1) is 17.4. The maximum absolute atomic E-state index is 12.2. The summed E-state index contributed by atoms with van der Waals surface area (Å²) in [6.07, 6.45) is 0. The van der Waals surface area contributed by atoms with Crippen molar-refractivity contribution in [3.63, 3.8) is 0 Å². The van der Waals surface area contributed by atoms with Gasteiger partial charge in [-0.05, 0) is 34.9 Å². The van der Waals surface area contributed by atoms with E-state index in [2.05, 4.69) is 17.4 Å². The number of amides is 1. The van der Waals surface area contributed by atoms with Crippen LogP contribution in [0.25, 0.3) is 11.1 Å². The SMILES string of the molecule is CC(=O)Nc1cccc(C(=O)OCc2ccc(-c3ccccc3)cc2)c1. The van der Waals surface area contributed by atoms with Gasteiger partial charge in [0, 0.05) is 12.6 Å². The minimum atomic E-state index is -0.427. The zero-order valence-corrected chi connectivity index (χ0v) is 14.4. The first-order chi connectivity index (χ1) is 12.6. The molecule has 0 aliphatic rings. The predicted octanol–water partition coefficient (Wildman–Crippen LogP) is 4.67. The molecule has 0 unspecified atom stereocenters. The normalized spacial score (nSPS) is 10.2. The molecule has 4 nitrogen and oxygen atoms in total. The molecule has 0 saturated carbocycles. The second-order valence-corrected chi connectivity index (χ2v) is 5.90. The molecule has 3 rings (SSSR count). The van der Waals surface area contributed by atoms with Gasteiger partial charge >= 0.3 is 5.97 Å². The summed E-state index contributed by atoms with van der Waals surface area (Å²) in [5, 5.41) is 2.65. The average Bonchev–Trinajstić information content (AvgIpc) is 2.67. The molecule has 3 aromatic carbocycles. The zero-order chi connectivity index (χ0) is 18.4. The molecule has 0 aromatic heterocycles. The third-order valence-electron chi connectivity index (χ3n) is 3.85. The minimum absolute atomic E-state index is 0.186. The van der Waals surface area contributed by atoms with Crippen LogP contribution in [0, 0.1) is 0 Å². The Morgan fingerprint density at radius 3 is 2.23 bits per heavy atom. The number of hydrogen-bond acceptors (Lipinski definition) is 3. The summed E-state index contributed by atoms with van der Waals surface area (Å²) in [5.74, 6) is -0.613. The highest BCUT2D eigenvalue weighted by molar-refractivity contribution is 5.93. The van der Waals surface area contributed by atoms with Crippen molar-refractivity contribution in [2.75, 3.05) is 5.32 Å². The first-order valence-electron chi connectivity index (χ1n) is 8.31. The van der Waals surface area contributed by atoms with Gasteiger partial charge in [-0.2, -0.15) is 0 Å². The second kappa shape index (κ2) is 8.12. The summed E-state index contributed by atoms with van der Waals surface area (Å²) >= 11 is 0. The molecule has 0 aliphatic heterocycles. The number of nitrogens with one attached hydrogen (secondary N) is 1. The lowest BCUT2D eigenvalue weighted by Gasteiger charge is -2.08. The van der Waals surface area contributed by atoms with Crippen molar-refractivity contribution in [2.45, 2.75) is 13.5 Å². The van der Waals surface area contributed by atoms with Crippen LogP contribution < -0.4 is 5.32 Å². The number of rotatable bonds is 5. The van der Waals surface area contributed by atoms with Crippen LogP contribution >= 0.6 is 0 Å². The van der Waals surface area contributed by atoms with Gasteiger partial charge in [0.1, 0.15) is 6.61 Å². The van der Waals surface area contributed by atoms with Gasteiger partial charge in [0.25, 0.3) is 0 Å². The quantitative estimate of drug-likeness (QED) is 0.684. The molecule has 0 aliphatic carbocycles. The van der Waals surface area contributed by atoms with Gasteiger partial charge in [-0.3, -0.25) is 4.79 Å². The molecule has 26 heavy (non-hydrogen) atoms. The Labute approximate surface area is 152 Å². The standard InChI is InChI=1S/C22H19NO3/c1-16(24)23-21-9-5-8-20(14-21)22(25)26-15-17-10-12-19(13-11-17)18-6-3-2-4-7-18/h2-14H,15H2,1H3,(H,23,24). The molecule has 0 fully saturated rings. The third kappa shape index (κ3) is 4.57. The Morgan fingerprint density at radius 2 is 1.54 bits per heavy atom. The molecule has 0 radical (unpaired) electrons. The van der Waals surface area contributed by atoms with Crippen LogP contribution in [0.1, 0.15) is 22.8 Å². The van der Waals surface area contributed by atoms with Crippen molar-refractivity contribution >= 4 is 17.6 Å². The van der Waals surface area contributed by atoms with Crippen LogP contribution in [-0.4, -0.2) is 11.9 Å². The van der Waals surface area contributed by atoms with Gasteiger partial charge in [0.2, 0.25) is 5.91 Å². The van der Waals surface area contributed by atoms with Gasteiger partial charge in [-0.15, -0.1) is 0 Å².